The number of aliphatic hydroxyl groups is 1. The fourth-order valence-electron chi connectivity index (χ4n) is 9.92. The third-order valence-corrected chi connectivity index (χ3v) is 15.1. The summed E-state index contributed by atoms with van der Waals surface area (Å²) in [5.74, 6) is -0.585. The number of hydrogen-bond acceptors (Lipinski definition) is 5. The van der Waals surface area contributed by atoms with Crippen LogP contribution in [0.1, 0.15) is 322 Å². The van der Waals surface area contributed by atoms with Crippen LogP contribution in [0.4, 0.5) is 0 Å². The molecule has 5 heteroatoms. The van der Waals surface area contributed by atoms with E-state index in [2.05, 4.69) is 160 Å². The van der Waals surface area contributed by atoms with Gasteiger partial charge in [-0.1, -0.05) is 339 Å². The molecule has 0 spiro atoms. The molecule has 0 aliphatic rings. The summed E-state index contributed by atoms with van der Waals surface area (Å²) < 4.78 is 10.8. The van der Waals surface area contributed by atoms with Crippen molar-refractivity contribution in [1.82, 2.24) is 0 Å². The Morgan fingerprint density at radius 3 is 0.714 bits per heavy atom. The van der Waals surface area contributed by atoms with Gasteiger partial charge in [0, 0.05) is 12.8 Å². The van der Waals surface area contributed by atoms with Crippen molar-refractivity contribution in [3.8, 4) is 0 Å². The number of carbonyl (C=O) groups is 2. The Morgan fingerprint density at radius 2 is 0.476 bits per heavy atom. The highest BCUT2D eigenvalue weighted by atomic mass is 16.6. The zero-order chi connectivity index (χ0) is 60.5. The molecule has 0 rings (SSSR count). The quantitative estimate of drug-likeness (QED) is 0.0373. The van der Waals surface area contributed by atoms with E-state index >= 15 is 0 Å². The molecule has 478 valence electrons. The maximum Gasteiger partial charge on any atom is 0.306 e. The Labute approximate surface area is 520 Å². The highest BCUT2D eigenvalue weighted by Crippen LogP contribution is 2.17. The lowest BCUT2D eigenvalue weighted by Crippen LogP contribution is -2.28. The van der Waals surface area contributed by atoms with Crippen molar-refractivity contribution in [2.45, 2.75) is 328 Å². The van der Waals surface area contributed by atoms with Gasteiger partial charge in [-0.2, -0.15) is 0 Å². The SMILES string of the molecule is CC/C=C\C/C=C\C/C=C\C/C=C\C/C=C\C/C=C\C/C=C\CCCCCCCCCCCCCCCCCCCCCC(=O)OC(CO)COC(=O)CCCCCCCCCCCCCCC/C=C\C/C=C\C/C=C\C/C=C\C/C=C\CC. The molecule has 0 aromatic heterocycles. The van der Waals surface area contributed by atoms with Crippen molar-refractivity contribution in [1.29, 1.82) is 0 Å². The smallest absolute Gasteiger partial charge is 0.306 e. The standard InChI is InChI=1S/C79H132O5/c1-3-5-7-9-11-13-15-17-19-21-23-25-27-29-31-33-34-35-36-37-38-39-40-41-42-43-44-46-48-50-52-54-56-58-60-62-64-66-68-70-72-74-79(82)84-77(75-80)76-83-78(81)73-71-69-67-65-63-61-59-57-55-53-51-49-47-45-32-30-28-26-24-22-20-18-16-14-12-10-8-6-4-2/h5-8,11-14,17-20,23-26,29-32,34-35,37-38,77,80H,3-4,9-10,15-16,21-22,27-28,33,36,39-76H2,1-2H3/b7-5-,8-6-,13-11-,14-12-,19-17-,20-18-,25-23-,26-24-,31-29-,32-30-,35-34-,38-37-. The molecule has 5 nitrogen and oxygen atoms in total. The topological polar surface area (TPSA) is 72.8 Å². The van der Waals surface area contributed by atoms with E-state index in [9.17, 15) is 14.7 Å². The Kier molecular flexibility index (Phi) is 69.4. The molecule has 1 unspecified atom stereocenters. The maximum absolute atomic E-state index is 12.4. The minimum absolute atomic E-state index is 0.0696. The molecule has 1 atom stereocenters. The fraction of sp³-hybridized carbons (Fsp3) is 0.671. The monoisotopic (exact) mass is 1160 g/mol. The Hall–Kier alpha value is -4.22. The predicted molar refractivity (Wildman–Crippen MR) is 371 cm³/mol. The Bertz CT molecular complexity index is 1750. The number of esters is 2. The summed E-state index contributed by atoms with van der Waals surface area (Å²) in [6.45, 7) is 3.93. The molecule has 0 bridgehead atoms. The van der Waals surface area contributed by atoms with E-state index in [1.165, 1.54) is 180 Å². The summed E-state index contributed by atoms with van der Waals surface area (Å²) in [5, 5.41) is 9.71. The highest BCUT2D eigenvalue weighted by Gasteiger charge is 2.16. The molecular weight excluding hydrogens is 1030 g/mol. The van der Waals surface area contributed by atoms with Crippen molar-refractivity contribution >= 4 is 11.9 Å². The number of rotatable bonds is 64. The van der Waals surface area contributed by atoms with E-state index in [4.69, 9.17) is 9.47 Å². The third kappa shape index (κ3) is 70.3. The van der Waals surface area contributed by atoms with E-state index in [0.717, 1.165) is 116 Å². The van der Waals surface area contributed by atoms with Crippen molar-refractivity contribution in [2.24, 2.45) is 0 Å². The molecule has 0 heterocycles. The molecule has 0 saturated carbocycles. The molecule has 0 fully saturated rings. The van der Waals surface area contributed by atoms with Crippen LogP contribution in [-0.4, -0.2) is 36.4 Å². The average Bonchev–Trinajstić information content (AvgIpc) is 3.51. The summed E-state index contributed by atoms with van der Waals surface area (Å²) >= 11 is 0. The number of aliphatic hydroxyl groups excluding tert-OH is 1. The molecule has 84 heavy (non-hydrogen) atoms. The van der Waals surface area contributed by atoms with E-state index < -0.39 is 6.10 Å². The molecule has 0 aliphatic heterocycles. The second-order valence-electron chi connectivity index (χ2n) is 23.2. The van der Waals surface area contributed by atoms with Crippen LogP contribution in [0.5, 0.6) is 0 Å². The van der Waals surface area contributed by atoms with Crippen molar-refractivity contribution < 1.29 is 24.2 Å². The van der Waals surface area contributed by atoms with E-state index in [-0.39, 0.29) is 25.2 Å². The Balaban J connectivity index is 3.47. The lowest BCUT2D eigenvalue weighted by molar-refractivity contribution is -0.161. The average molecular weight is 1160 g/mol. The van der Waals surface area contributed by atoms with Crippen LogP contribution in [0.15, 0.2) is 146 Å². The van der Waals surface area contributed by atoms with Crippen LogP contribution < -0.4 is 0 Å². The number of ether oxygens (including phenoxy) is 2. The van der Waals surface area contributed by atoms with Crippen molar-refractivity contribution in [2.75, 3.05) is 13.2 Å². The fourth-order valence-corrected chi connectivity index (χ4v) is 9.92. The predicted octanol–water partition coefficient (Wildman–Crippen LogP) is 24.9. The van der Waals surface area contributed by atoms with E-state index in [0.29, 0.717) is 12.8 Å². The zero-order valence-electron chi connectivity index (χ0n) is 54.9. The number of hydrogen-bond donors (Lipinski definition) is 1. The molecule has 1 N–H and O–H groups in total. The first kappa shape index (κ1) is 79.8. The first-order chi connectivity index (χ1) is 41.6. The van der Waals surface area contributed by atoms with Gasteiger partial charge in [-0.3, -0.25) is 9.59 Å². The van der Waals surface area contributed by atoms with E-state index in [1.807, 2.05) is 0 Å². The van der Waals surface area contributed by atoms with Gasteiger partial charge in [-0.15, -0.1) is 0 Å². The highest BCUT2D eigenvalue weighted by molar-refractivity contribution is 5.70. The van der Waals surface area contributed by atoms with Crippen LogP contribution in [0.25, 0.3) is 0 Å². The summed E-state index contributed by atoms with van der Waals surface area (Å²) in [7, 11) is 0. The van der Waals surface area contributed by atoms with Crippen LogP contribution in [0.2, 0.25) is 0 Å². The Morgan fingerprint density at radius 1 is 0.274 bits per heavy atom. The number of unbranched alkanes of at least 4 members (excludes halogenated alkanes) is 32. The van der Waals surface area contributed by atoms with Gasteiger partial charge in [0.05, 0.1) is 6.61 Å². The molecule has 0 aromatic rings. The normalized spacial score (nSPS) is 13.1. The van der Waals surface area contributed by atoms with Crippen LogP contribution >= 0.6 is 0 Å². The van der Waals surface area contributed by atoms with Gasteiger partial charge in [0.15, 0.2) is 6.10 Å². The molecule has 0 radical (unpaired) electrons. The van der Waals surface area contributed by atoms with Gasteiger partial charge in [0.2, 0.25) is 0 Å². The number of carbonyl (C=O) groups excluding carboxylic acids is 2. The second-order valence-corrected chi connectivity index (χ2v) is 23.2. The lowest BCUT2D eigenvalue weighted by Gasteiger charge is -2.15. The first-order valence-electron chi connectivity index (χ1n) is 35.4. The molecular formula is C79H132O5. The summed E-state index contributed by atoms with van der Waals surface area (Å²) in [6.07, 6.45) is 110. The van der Waals surface area contributed by atoms with Crippen LogP contribution in [-0.2, 0) is 19.1 Å². The van der Waals surface area contributed by atoms with Gasteiger partial charge < -0.3 is 14.6 Å². The first-order valence-corrected chi connectivity index (χ1v) is 35.4. The molecule has 0 saturated heterocycles. The number of allylic oxidation sites excluding steroid dienone is 24. The molecule has 0 amide bonds. The van der Waals surface area contributed by atoms with Crippen molar-refractivity contribution in [3.05, 3.63) is 146 Å². The largest absolute Gasteiger partial charge is 0.462 e. The zero-order valence-corrected chi connectivity index (χ0v) is 54.9. The summed E-state index contributed by atoms with van der Waals surface area (Å²) in [5.41, 5.74) is 0. The third-order valence-electron chi connectivity index (χ3n) is 15.1. The van der Waals surface area contributed by atoms with Crippen LogP contribution in [0, 0.1) is 0 Å². The minimum Gasteiger partial charge on any atom is -0.462 e. The van der Waals surface area contributed by atoms with Gasteiger partial charge in [-0.05, 0) is 116 Å². The molecule has 0 aliphatic carbocycles. The van der Waals surface area contributed by atoms with Gasteiger partial charge in [0.1, 0.15) is 6.61 Å². The van der Waals surface area contributed by atoms with Gasteiger partial charge in [0.25, 0.3) is 0 Å². The lowest BCUT2D eigenvalue weighted by atomic mass is 10.0. The summed E-state index contributed by atoms with van der Waals surface area (Å²) in [6, 6.07) is 0. The van der Waals surface area contributed by atoms with Gasteiger partial charge in [-0.25, -0.2) is 0 Å². The van der Waals surface area contributed by atoms with Crippen molar-refractivity contribution in [3.63, 3.8) is 0 Å². The second kappa shape index (κ2) is 73.0. The van der Waals surface area contributed by atoms with Gasteiger partial charge >= 0.3 is 11.9 Å². The van der Waals surface area contributed by atoms with Crippen LogP contribution in [0.3, 0.4) is 0 Å². The molecule has 0 aromatic carbocycles. The van der Waals surface area contributed by atoms with E-state index in [1.54, 1.807) is 0 Å². The summed E-state index contributed by atoms with van der Waals surface area (Å²) in [4.78, 5) is 24.7. The maximum atomic E-state index is 12.4. The minimum atomic E-state index is -0.780.